The van der Waals surface area contributed by atoms with Crippen molar-refractivity contribution in [2.24, 2.45) is 10.9 Å². The van der Waals surface area contributed by atoms with Crippen molar-refractivity contribution in [3.8, 4) is 0 Å². The van der Waals surface area contributed by atoms with Crippen molar-refractivity contribution in [1.29, 1.82) is 0 Å². The van der Waals surface area contributed by atoms with E-state index in [9.17, 15) is 0 Å². The summed E-state index contributed by atoms with van der Waals surface area (Å²) in [7, 11) is 0. The molecule has 0 unspecified atom stereocenters. The summed E-state index contributed by atoms with van der Waals surface area (Å²) in [5.41, 5.74) is 7.39. The standard InChI is InChI=1S/C9H12N2OS/c1-13-6-7-2-4-8(5-3-7)9(10)11-12/h2-5,12H,6H2,1H3,(H2,10,11). The van der Waals surface area contributed by atoms with E-state index in [2.05, 4.69) is 11.4 Å². The molecule has 0 saturated carbocycles. The summed E-state index contributed by atoms with van der Waals surface area (Å²) in [6, 6.07) is 7.65. The lowest BCUT2D eigenvalue weighted by Gasteiger charge is -2.00. The van der Waals surface area contributed by atoms with Crippen LogP contribution in [0.15, 0.2) is 29.4 Å². The number of hydrogen-bond donors (Lipinski definition) is 2. The van der Waals surface area contributed by atoms with E-state index in [-0.39, 0.29) is 5.84 Å². The number of oxime groups is 1. The summed E-state index contributed by atoms with van der Waals surface area (Å²) < 4.78 is 0. The number of thioether (sulfide) groups is 1. The number of rotatable bonds is 3. The predicted molar refractivity (Wildman–Crippen MR) is 56.2 cm³/mol. The zero-order valence-corrected chi connectivity index (χ0v) is 8.21. The molecule has 3 N–H and O–H groups in total. The van der Waals surface area contributed by atoms with Gasteiger partial charge in [0, 0.05) is 11.3 Å². The first-order chi connectivity index (χ1) is 6.27. The van der Waals surface area contributed by atoms with Gasteiger partial charge in [-0.15, -0.1) is 0 Å². The quantitative estimate of drug-likeness (QED) is 0.334. The second-order valence-electron chi connectivity index (χ2n) is 2.62. The van der Waals surface area contributed by atoms with Crippen LogP contribution < -0.4 is 5.73 Å². The lowest BCUT2D eigenvalue weighted by molar-refractivity contribution is 0.318. The largest absolute Gasteiger partial charge is 0.409 e. The van der Waals surface area contributed by atoms with Crippen molar-refractivity contribution >= 4 is 17.6 Å². The van der Waals surface area contributed by atoms with Gasteiger partial charge in [-0.3, -0.25) is 0 Å². The first kappa shape index (κ1) is 9.92. The highest BCUT2D eigenvalue weighted by molar-refractivity contribution is 7.97. The van der Waals surface area contributed by atoms with Gasteiger partial charge in [0.2, 0.25) is 0 Å². The van der Waals surface area contributed by atoms with Crippen LogP contribution in [0.1, 0.15) is 11.1 Å². The van der Waals surface area contributed by atoms with Crippen LogP contribution in [-0.2, 0) is 5.75 Å². The Balaban J connectivity index is 2.81. The van der Waals surface area contributed by atoms with E-state index in [1.807, 2.05) is 24.3 Å². The Hall–Kier alpha value is -1.16. The van der Waals surface area contributed by atoms with E-state index < -0.39 is 0 Å². The van der Waals surface area contributed by atoms with Crippen LogP contribution in [0.3, 0.4) is 0 Å². The Bertz CT molecular complexity index is 295. The average molecular weight is 196 g/mol. The fourth-order valence-corrected chi connectivity index (χ4v) is 1.52. The summed E-state index contributed by atoms with van der Waals surface area (Å²) in [4.78, 5) is 0. The molecule has 0 saturated heterocycles. The molecular formula is C9H12N2OS. The molecule has 1 aromatic carbocycles. The molecule has 0 spiro atoms. The fraction of sp³-hybridized carbons (Fsp3) is 0.222. The number of amidine groups is 1. The van der Waals surface area contributed by atoms with Crippen LogP contribution in [0.4, 0.5) is 0 Å². The highest BCUT2D eigenvalue weighted by Crippen LogP contribution is 2.10. The monoisotopic (exact) mass is 196 g/mol. The van der Waals surface area contributed by atoms with Gasteiger partial charge in [0.1, 0.15) is 0 Å². The van der Waals surface area contributed by atoms with Gasteiger partial charge in [0.25, 0.3) is 0 Å². The Kier molecular flexibility index (Phi) is 3.64. The minimum absolute atomic E-state index is 0.149. The Morgan fingerprint density at radius 1 is 1.46 bits per heavy atom. The van der Waals surface area contributed by atoms with Crippen molar-refractivity contribution in [2.45, 2.75) is 5.75 Å². The molecule has 1 rings (SSSR count). The molecule has 0 heterocycles. The molecule has 0 aromatic heterocycles. The van der Waals surface area contributed by atoms with Crippen molar-refractivity contribution in [1.82, 2.24) is 0 Å². The summed E-state index contributed by atoms with van der Waals surface area (Å²) in [5, 5.41) is 11.3. The number of nitrogens with two attached hydrogens (primary N) is 1. The highest BCUT2D eigenvalue weighted by Gasteiger charge is 1.97. The number of hydrogen-bond acceptors (Lipinski definition) is 3. The van der Waals surface area contributed by atoms with Gasteiger partial charge >= 0.3 is 0 Å². The van der Waals surface area contributed by atoms with E-state index in [0.29, 0.717) is 0 Å². The maximum atomic E-state index is 8.42. The van der Waals surface area contributed by atoms with Gasteiger partial charge < -0.3 is 10.9 Å². The maximum Gasteiger partial charge on any atom is 0.170 e. The van der Waals surface area contributed by atoms with Crippen LogP contribution >= 0.6 is 11.8 Å². The lowest BCUT2D eigenvalue weighted by Crippen LogP contribution is -2.12. The SMILES string of the molecule is CSCc1ccc(/C(N)=N/O)cc1. The average Bonchev–Trinajstić information content (AvgIpc) is 2.18. The van der Waals surface area contributed by atoms with Crippen LogP contribution in [0.5, 0.6) is 0 Å². The van der Waals surface area contributed by atoms with Crippen LogP contribution in [0, 0.1) is 0 Å². The van der Waals surface area contributed by atoms with E-state index in [1.54, 1.807) is 11.8 Å². The van der Waals surface area contributed by atoms with E-state index >= 15 is 0 Å². The molecule has 0 bridgehead atoms. The van der Waals surface area contributed by atoms with Gasteiger partial charge in [-0.25, -0.2) is 0 Å². The second-order valence-corrected chi connectivity index (χ2v) is 3.48. The summed E-state index contributed by atoms with van der Waals surface area (Å²) in [5.74, 6) is 1.13. The first-order valence-electron chi connectivity index (χ1n) is 3.83. The molecule has 0 radical (unpaired) electrons. The van der Waals surface area contributed by atoms with Crippen LogP contribution in [0.25, 0.3) is 0 Å². The maximum absolute atomic E-state index is 8.42. The van der Waals surface area contributed by atoms with Crippen molar-refractivity contribution in [3.05, 3.63) is 35.4 Å². The normalized spacial score (nSPS) is 11.6. The van der Waals surface area contributed by atoms with Crippen molar-refractivity contribution < 1.29 is 5.21 Å². The second kappa shape index (κ2) is 4.77. The topological polar surface area (TPSA) is 58.6 Å². The summed E-state index contributed by atoms with van der Waals surface area (Å²) >= 11 is 1.76. The lowest BCUT2D eigenvalue weighted by atomic mass is 10.1. The van der Waals surface area contributed by atoms with Crippen molar-refractivity contribution in [3.63, 3.8) is 0 Å². The molecule has 13 heavy (non-hydrogen) atoms. The third kappa shape index (κ3) is 2.66. The Labute approximate surface area is 81.6 Å². The molecule has 0 atom stereocenters. The van der Waals surface area contributed by atoms with Gasteiger partial charge in [-0.05, 0) is 11.8 Å². The minimum Gasteiger partial charge on any atom is -0.409 e. The van der Waals surface area contributed by atoms with Crippen LogP contribution in [0.2, 0.25) is 0 Å². The van der Waals surface area contributed by atoms with E-state index in [4.69, 9.17) is 10.9 Å². The van der Waals surface area contributed by atoms with E-state index in [1.165, 1.54) is 5.56 Å². The zero-order valence-electron chi connectivity index (χ0n) is 7.40. The summed E-state index contributed by atoms with van der Waals surface area (Å²) in [6.07, 6.45) is 2.05. The number of nitrogens with zero attached hydrogens (tertiary/aromatic N) is 1. The molecule has 3 nitrogen and oxygen atoms in total. The first-order valence-corrected chi connectivity index (χ1v) is 5.23. The molecule has 0 aliphatic carbocycles. The number of benzene rings is 1. The molecular weight excluding hydrogens is 184 g/mol. The third-order valence-electron chi connectivity index (χ3n) is 1.67. The molecule has 4 heteroatoms. The van der Waals surface area contributed by atoms with Crippen molar-refractivity contribution in [2.75, 3.05) is 6.26 Å². The molecule has 1 aromatic rings. The van der Waals surface area contributed by atoms with Gasteiger partial charge in [-0.2, -0.15) is 11.8 Å². The third-order valence-corrected chi connectivity index (χ3v) is 2.29. The molecule has 0 aliphatic rings. The van der Waals surface area contributed by atoms with Gasteiger partial charge in [0.15, 0.2) is 5.84 Å². The Morgan fingerprint density at radius 3 is 2.54 bits per heavy atom. The highest BCUT2D eigenvalue weighted by atomic mass is 32.2. The minimum atomic E-state index is 0.149. The molecule has 0 aliphatic heterocycles. The molecule has 70 valence electrons. The van der Waals surface area contributed by atoms with Crippen LogP contribution in [-0.4, -0.2) is 17.3 Å². The zero-order chi connectivity index (χ0) is 9.68. The molecule has 0 amide bonds. The summed E-state index contributed by atoms with van der Waals surface area (Å²) in [6.45, 7) is 0. The van der Waals surface area contributed by atoms with Gasteiger partial charge in [-0.1, -0.05) is 29.4 Å². The predicted octanol–water partition coefficient (Wildman–Crippen LogP) is 1.64. The Morgan fingerprint density at radius 2 is 2.08 bits per heavy atom. The smallest absolute Gasteiger partial charge is 0.170 e. The van der Waals surface area contributed by atoms with Gasteiger partial charge in [0.05, 0.1) is 0 Å². The fourth-order valence-electron chi connectivity index (χ4n) is 0.996. The van der Waals surface area contributed by atoms with E-state index in [0.717, 1.165) is 11.3 Å². The molecule has 0 fully saturated rings.